The molecule has 2 aromatic heterocycles. The highest BCUT2D eigenvalue weighted by atomic mass is 35.5. The van der Waals surface area contributed by atoms with Crippen LogP contribution in [-0.2, 0) is 0 Å². The van der Waals surface area contributed by atoms with Gasteiger partial charge in [-0.1, -0.05) is 11.6 Å². The third-order valence-corrected chi connectivity index (χ3v) is 2.94. The van der Waals surface area contributed by atoms with Crippen molar-refractivity contribution in [2.75, 3.05) is 5.73 Å². The number of carbonyl (C=O) groups excluding carboxylic acids is 1. The summed E-state index contributed by atoms with van der Waals surface area (Å²) in [4.78, 5) is 15.9. The number of hydrogen-bond acceptors (Lipinski definition) is 4. The zero-order chi connectivity index (χ0) is 14.0. The van der Waals surface area contributed by atoms with Crippen LogP contribution < -0.4 is 11.1 Å². The lowest BCUT2D eigenvalue weighted by Crippen LogP contribution is -2.27. The van der Waals surface area contributed by atoms with Crippen LogP contribution in [0, 0.1) is 6.92 Å². The molecule has 0 aromatic carbocycles. The maximum Gasteiger partial charge on any atom is 0.255 e. The standard InChI is InChI=1S/C13H14ClN3O2/c1-7-3-4-11(19-7)8(2)17-13(18)10-5-9(15)6-16-12(10)14/h3-6,8H,15H2,1-2H3,(H,17,18). The number of hydrogen-bond donors (Lipinski definition) is 2. The van der Waals surface area contributed by atoms with Crippen LogP contribution in [0.1, 0.15) is 34.8 Å². The highest BCUT2D eigenvalue weighted by Gasteiger charge is 2.17. The Morgan fingerprint density at radius 3 is 2.89 bits per heavy atom. The number of halogens is 1. The van der Waals surface area contributed by atoms with Gasteiger partial charge in [-0.15, -0.1) is 0 Å². The van der Waals surface area contributed by atoms with E-state index in [0.717, 1.165) is 5.76 Å². The Balaban J connectivity index is 2.15. The minimum atomic E-state index is -0.341. The lowest BCUT2D eigenvalue weighted by molar-refractivity contribution is 0.0935. The van der Waals surface area contributed by atoms with Gasteiger partial charge in [0.05, 0.1) is 23.5 Å². The molecule has 6 heteroatoms. The van der Waals surface area contributed by atoms with Crippen LogP contribution in [0.15, 0.2) is 28.8 Å². The van der Waals surface area contributed by atoms with E-state index < -0.39 is 0 Å². The van der Waals surface area contributed by atoms with Crippen LogP contribution in [0.2, 0.25) is 5.15 Å². The van der Waals surface area contributed by atoms with E-state index in [1.54, 1.807) is 0 Å². The number of carbonyl (C=O) groups is 1. The van der Waals surface area contributed by atoms with Gasteiger partial charge in [-0.3, -0.25) is 4.79 Å². The summed E-state index contributed by atoms with van der Waals surface area (Å²) in [7, 11) is 0. The molecule has 2 heterocycles. The molecule has 0 saturated carbocycles. The third kappa shape index (κ3) is 3.06. The zero-order valence-electron chi connectivity index (χ0n) is 10.6. The molecule has 1 amide bonds. The summed E-state index contributed by atoms with van der Waals surface area (Å²) in [6.07, 6.45) is 1.40. The predicted molar refractivity (Wildman–Crippen MR) is 73.0 cm³/mol. The summed E-state index contributed by atoms with van der Waals surface area (Å²) < 4.78 is 5.45. The first-order valence-electron chi connectivity index (χ1n) is 5.75. The second-order valence-electron chi connectivity index (χ2n) is 4.25. The summed E-state index contributed by atoms with van der Waals surface area (Å²) in [6, 6.07) is 4.88. The number of rotatable bonds is 3. The maximum absolute atomic E-state index is 12.1. The van der Waals surface area contributed by atoms with Crippen molar-refractivity contribution < 1.29 is 9.21 Å². The fraction of sp³-hybridized carbons (Fsp3) is 0.231. The molecule has 0 aliphatic heterocycles. The number of furan rings is 1. The van der Waals surface area contributed by atoms with Gasteiger partial charge in [0.2, 0.25) is 0 Å². The molecular formula is C13H14ClN3O2. The lowest BCUT2D eigenvalue weighted by Gasteiger charge is -2.12. The Morgan fingerprint density at radius 1 is 1.53 bits per heavy atom. The van der Waals surface area contributed by atoms with Crippen LogP contribution in [0.3, 0.4) is 0 Å². The third-order valence-electron chi connectivity index (χ3n) is 2.64. The molecule has 1 unspecified atom stereocenters. The van der Waals surface area contributed by atoms with Crippen LogP contribution in [-0.4, -0.2) is 10.9 Å². The Labute approximate surface area is 115 Å². The van der Waals surface area contributed by atoms with Gasteiger partial charge in [-0.25, -0.2) is 4.98 Å². The zero-order valence-corrected chi connectivity index (χ0v) is 11.4. The fourth-order valence-electron chi connectivity index (χ4n) is 1.66. The Bertz CT molecular complexity index is 610. The number of pyridine rings is 1. The average Bonchev–Trinajstić information content (AvgIpc) is 2.79. The lowest BCUT2D eigenvalue weighted by atomic mass is 10.2. The Kier molecular flexibility index (Phi) is 3.76. The molecular weight excluding hydrogens is 266 g/mol. The number of nitrogens with zero attached hydrogens (tertiary/aromatic N) is 1. The summed E-state index contributed by atoms with van der Waals surface area (Å²) in [5.41, 5.74) is 6.22. The molecule has 0 aliphatic rings. The minimum absolute atomic E-state index is 0.120. The smallest absolute Gasteiger partial charge is 0.255 e. The second-order valence-corrected chi connectivity index (χ2v) is 4.61. The number of amides is 1. The SMILES string of the molecule is Cc1ccc(C(C)NC(=O)c2cc(N)cnc2Cl)o1. The topological polar surface area (TPSA) is 81.2 Å². The second kappa shape index (κ2) is 5.32. The van der Waals surface area contributed by atoms with E-state index in [2.05, 4.69) is 10.3 Å². The van der Waals surface area contributed by atoms with Gasteiger partial charge in [0.25, 0.3) is 5.91 Å². The van der Waals surface area contributed by atoms with Crippen molar-refractivity contribution in [3.05, 3.63) is 46.6 Å². The first kappa shape index (κ1) is 13.4. The Hall–Kier alpha value is -2.01. The molecule has 3 N–H and O–H groups in total. The molecule has 0 bridgehead atoms. The van der Waals surface area contributed by atoms with Crippen molar-refractivity contribution in [3.63, 3.8) is 0 Å². The van der Waals surface area contributed by atoms with Gasteiger partial charge in [-0.05, 0) is 32.0 Å². The largest absolute Gasteiger partial charge is 0.464 e. The van der Waals surface area contributed by atoms with Gasteiger partial charge in [0.15, 0.2) is 0 Å². The van der Waals surface area contributed by atoms with Crippen molar-refractivity contribution in [2.45, 2.75) is 19.9 Å². The van der Waals surface area contributed by atoms with Crippen LogP contribution in [0.25, 0.3) is 0 Å². The molecule has 100 valence electrons. The summed E-state index contributed by atoms with van der Waals surface area (Å²) in [5, 5.41) is 2.90. The maximum atomic E-state index is 12.1. The summed E-state index contributed by atoms with van der Waals surface area (Å²) in [5.74, 6) is 1.13. The molecule has 2 aromatic rings. The van der Waals surface area contributed by atoms with Crippen LogP contribution in [0.4, 0.5) is 5.69 Å². The molecule has 19 heavy (non-hydrogen) atoms. The first-order chi connectivity index (χ1) is 8.97. The van der Waals surface area contributed by atoms with Crippen molar-refractivity contribution in [1.82, 2.24) is 10.3 Å². The minimum Gasteiger partial charge on any atom is -0.464 e. The van der Waals surface area contributed by atoms with Crippen molar-refractivity contribution in [3.8, 4) is 0 Å². The van der Waals surface area contributed by atoms with Gasteiger partial charge in [0, 0.05) is 0 Å². The van der Waals surface area contributed by atoms with Crippen molar-refractivity contribution >= 4 is 23.2 Å². The molecule has 0 saturated heterocycles. The van der Waals surface area contributed by atoms with Gasteiger partial charge in [0.1, 0.15) is 16.7 Å². The number of nitrogens with two attached hydrogens (primary N) is 1. The highest BCUT2D eigenvalue weighted by molar-refractivity contribution is 6.32. The number of aromatic nitrogens is 1. The molecule has 1 atom stereocenters. The van der Waals surface area contributed by atoms with Crippen LogP contribution in [0.5, 0.6) is 0 Å². The normalized spacial score (nSPS) is 12.2. The van der Waals surface area contributed by atoms with E-state index in [1.807, 2.05) is 26.0 Å². The van der Waals surface area contributed by atoms with Gasteiger partial charge in [-0.2, -0.15) is 0 Å². The molecule has 0 radical (unpaired) electrons. The average molecular weight is 280 g/mol. The van der Waals surface area contributed by atoms with Crippen LogP contribution >= 0.6 is 11.6 Å². The highest BCUT2D eigenvalue weighted by Crippen LogP contribution is 2.19. The summed E-state index contributed by atoms with van der Waals surface area (Å²) in [6.45, 7) is 3.67. The van der Waals surface area contributed by atoms with Crippen molar-refractivity contribution in [1.29, 1.82) is 0 Å². The van der Waals surface area contributed by atoms with Crippen molar-refractivity contribution in [2.24, 2.45) is 0 Å². The van der Waals surface area contributed by atoms with E-state index in [1.165, 1.54) is 12.3 Å². The van der Waals surface area contributed by atoms with E-state index in [0.29, 0.717) is 11.4 Å². The quantitative estimate of drug-likeness (QED) is 0.847. The Morgan fingerprint density at radius 2 is 2.26 bits per heavy atom. The summed E-state index contributed by atoms with van der Waals surface area (Å²) >= 11 is 5.87. The van der Waals surface area contributed by atoms with E-state index in [9.17, 15) is 4.79 Å². The predicted octanol–water partition coefficient (Wildman–Crippen LogP) is 2.71. The molecule has 0 fully saturated rings. The van der Waals surface area contributed by atoms with E-state index >= 15 is 0 Å². The molecule has 2 rings (SSSR count). The monoisotopic (exact) mass is 279 g/mol. The van der Waals surface area contributed by atoms with Gasteiger partial charge >= 0.3 is 0 Å². The number of nitrogen functional groups attached to an aromatic ring is 1. The first-order valence-corrected chi connectivity index (χ1v) is 6.13. The number of aryl methyl sites for hydroxylation is 1. The van der Waals surface area contributed by atoms with E-state index in [4.69, 9.17) is 21.8 Å². The number of nitrogens with one attached hydrogen (secondary N) is 1. The van der Waals surface area contributed by atoms with E-state index in [-0.39, 0.29) is 22.7 Å². The molecule has 0 spiro atoms. The number of anilines is 1. The fourth-order valence-corrected chi connectivity index (χ4v) is 1.84. The molecule has 5 nitrogen and oxygen atoms in total. The molecule has 0 aliphatic carbocycles. The van der Waals surface area contributed by atoms with Gasteiger partial charge < -0.3 is 15.5 Å².